The SMILES string of the molecule is CNCCC(=O)NCc1cnc(-c2cccc(Cn3nc(-c4cc(F)c(F)c(F)c4)ccc3=O)c2)nc1. The van der Waals surface area contributed by atoms with E-state index < -0.39 is 23.0 Å². The van der Waals surface area contributed by atoms with E-state index in [4.69, 9.17) is 0 Å². The highest BCUT2D eigenvalue weighted by atomic mass is 19.2. The zero-order valence-corrected chi connectivity index (χ0v) is 19.8. The summed E-state index contributed by atoms with van der Waals surface area (Å²) in [5, 5.41) is 9.91. The quantitative estimate of drug-likeness (QED) is 0.337. The molecule has 2 N–H and O–H groups in total. The normalized spacial score (nSPS) is 10.9. The van der Waals surface area contributed by atoms with Crippen molar-refractivity contribution in [2.75, 3.05) is 13.6 Å². The summed E-state index contributed by atoms with van der Waals surface area (Å²) in [5.74, 6) is -3.88. The van der Waals surface area contributed by atoms with E-state index in [1.807, 2.05) is 6.07 Å². The lowest BCUT2D eigenvalue weighted by Crippen LogP contribution is -2.26. The summed E-state index contributed by atoms with van der Waals surface area (Å²) < 4.78 is 41.8. The third-order valence-corrected chi connectivity index (χ3v) is 5.46. The molecule has 4 aromatic rings. The fraction of sp³-hybridized carbons (Fsp3) is 0.192. The number of benzene rings is 2. The molecule has 0 spiro atoms. The predicted molar refractivity (Wildman–Crippen MR) is 131 cm³/mol. The van der Waals surface area contributed by atoms with Crippen LogP contribution >= 0.6 is 0 Å². The fourth-order valence-corrected chi connectivity index (χ4v) is 3.52. The van der Waals surface area contributed by atoms with Gasteiger partial charge in [-0.25, -0.2) is 27.8 Å². The van der Waals surface area contributed by atoms with Gasteiger partial charge in [-0.05, 0) is 36.9 Å². The Balaban J connectivity index is 1.50. The van der Waals surface area contributed by atoms with Crippen LogP contribution in [0.25, 0.3) is 22.6 Å². The van der Waals surface area contributed by atoms with Crippen molar-refractivity contribution < 1.29 is 18.0 Å². The minimum atomic E-state index is -1.57. The van der Waals surface area contributed by atoms with Crippen LogP contribution in [0.15, 0.2) is 65.7 Å². The number of amides is 1. The van der Waals surface area contributed by atoms with E-state index >= 15 is 0 Å². The molecule has 0 bridgehead atoms. The van der Waals surface area contributed by atoms with Crippen LogP contribution in [0.2, 0.25) is 0 Å². The van der Waals surface area contributed by atoms with Gasteiger partial charge in [0.1, 0.15) is 0 Å². The van der Waals surface area contributed by atoms with E-state index in [-0.39, 0.29) is 23.7 Å². The summed E-state index contributed by atoms with van der Waals surface area (Å²) >= 11 is 0. The summed E-state index contributed by atoms with van der Waals surface area (Å²) in [4.78, 5) is 32.9. The molecule has 1 amide bonds. The van der Waals surface area contributed by atoms with Gasteiger partial charge in [-0.1, -0.05) is 18.2 Å². The van der Waals surface area contributed by atoms with Gasteiger partial charge in [-0.15, -0.1) is 0 Å². The molecule has 4 rings (SSSR count). The van der Waals surface area contributed by atoms with Crippen molar-refractivity contribution in [3.63, 3.8) is 0 Å². The number of halogens is 3. The highest BCUT2D eigenvalue weighted by Crippen LogP contribution is 2.22. The molecule has 0 unspecified atom stereocenters. The van der Waals surface area contributed by atoms with Crippen molar-refractivity contribution in [1.82, 2.24) is 30.4 Å². The molecule has 2 heterocycles. The van der Waals surface area contributed by atoms with Gasteiger partial charge in [0.15, 0.2) is 23.3 Å². The molecule has 0 saturated heterocycles. The predicted octanol–water partition coefficient (Wildman–Crippen LogP) is 3.06. The molecule has 0 atom stereocenters. The number of hydrogen-bond donors (Lipinski definition) is 2. The van der Waals surface area contributed by atoms with Crippen LogP contribution in [-0.4, -0.2) is 39.2 Å². The Morgan fingerprint density at radius 1 is 0.946 bits per heavy atom. The van der Waals surface area contributed by atoms with Crippen molar-refractivity contribution in [2.24, 2.45) is 0 Å². The standard InChI is InChI=1S/C26H23F3N6O2/c1-30-8-7-23(36)31-12-17-13-32-26(33-14-17)18-4-2-3-16(9-18)15-35-24(37)6-5-22(34-35)19-10-20(27)25(29)21(28)11-19/h2-6,9-11,13-14,30H,7-8,12,15H2,1H3,(H,31,36). The lowest BCUT2D eigenvalue weighted by atomic mass is 10.1. The fourth-order valence-electron chi connectivity index (χ4n) is 3.52. The van der Waals surface area contributed by atoms with Gasteiger partial charge >= 0.3 is 0 Å². The molecule has 190 valence electrons. The third-order valence-electron chi connectivity index (χ3n) is 5.46. The maximum absolute atomic E-state index is 13.7. The Bertz CT molecular complexity index is 1450. The summed E-state index contributed by atoms with van der Waals surface area (Å²) in [6.07, 6.45) is 3.63. The molecule has 8 nitrogen and oxygen atoms in total. The minimum absolute atomic E-state index is 0.00519. The average Bonchev–Trinajstić information content (AvgIpc) is 2.90. The van der Waals surface area contributed by atoms with Crippen LogP contribution in [0.4, 0.5) is 13.2 Å². The molecule has 0 saturated carbocycles. The molecule has 0 radical (unpaired) electrons. The second kappa shape index (κ2) is 11.6. The van der Waals surface area contributed by atoms with Crippen molar-refractivity contribution in [2.45, 2.75) is 19.5 Å². The molecular weight excluding hydrogens is 485 g/mol. The van der Waals surface area contributed by atoms with Gasteiger partial charge in [-0.2, -0.15) is 5.10 Å². The zero-order chi connectivity index (χ0) is 26.4. The largest absolute Gasteiger partial charge is 0.352 e. The first kappa shape index (κ1) is 25.7. The summed E-state index contributed by atoms with van der Waals surface area (Å²) in [6, 6.07) is 11.4. The van der Waals surface area contributed by atoms with Crippen LogP contribution < -0.4 is 16.2 Å². The van der Waals surface area contributed by atoms with E-state index in [0.29, 0.717) is 36.5 Å². The van der Waals surface area contributed by atoms with Crippen LogP contribution in [-0.2, 0) is 17.9 Å². The van der Waals surface area contributed by atoms with Gasteiger partial charge < -0.3 is 10.6 Å². The Hall–Kier alpha value is -4.38. The van der Waals surface area contributed by atoms with Crippen molar-refractivity contribution in [3.8, 4) is 22.6 Å². The average molecular weight is 509 g/mol. The smallest absolute Gasteiger partial charge is 0.267 e. The molecule has 0 aliphatic heterocycles. The minimum Gasteiger partial charge on any atom is -0.352 e. The van der Waals surface area contributed by atoms with E-state index in [9.17, 15) is 22.8 Å². The monoisotopic (exact) mass is 508 g/mol. The van der Waals surface area contributed by atoms with Crippen LogP contribution in [0.1, 0.15) is 17.5 Å². The van der Waals surface area contributed by atoms with E-state index in [1.54, 1.807) is 37.6 Å². The Morgan fingerprint density at radius 2 is 1.68 bits per heavy atom. The maximum Gasteiger partial charge on any atom is 0.267 e. The number of carbonyl (C=O) groups is 1. The van der Waals surface area contributed by atoms with Gasteiger partial charge in [0, 0.05) is 54.7 Å². The van der Waals surface area contributed by atoms with Crippen LogP contribution in [0.5, 0.6) is 0 Å². The Labute approximate surface area is 210 Å². The molecule has 0 aliphatic rings. The van der Waals surface area contributed by atoms with Gasteiger partial charge in [0.2, 0.25) is 5.91 Å². The first-order valence-corrected chi connectivity index (χ1v) is 11.4. The van der Waals surface area contributed by atoms with Gasteiger partial charge in [0.05, 0.1) is 12.2 Å². The highest BCUT2D eigenvalue weighted by Gasteiger charge is 2.14. The van der Waals surface area contributed by atoms with Gasteiger partial charge in [-0.3, -0.25) is 9.59 Å². The number of nitrogens with one attached hydrogen (secondary N) is 2. The molecule has 11 heteroatoms. The lowest BCUT2D eigenvalue weighted by molar-refractivity contribution is -0.121. The maximum atomic E-state index is 13.7. The first-order chi connectivity index (χ1) is 17.8. The van der Waals surface area contributed by atoms with E-state index in [0.717, 1.165) is 22.4 Å². The molecule has 0 aliphatic carbocycles. The first-order valence-electron chi connectivity index (χ1n) is 11.4. The molecular formula is C26H23F3N6O2. The van der Waals surface area contributed by atoms with Crippen molar-refractivity contribution >= 4 is 5.91 Å². The van der Waals surface area contributed by atoms with E-state index in [1.165, 1.54) is 12.1 Å². The van der Waals surface area contributed by atoms with Gasteiger partial charge in [0.25, 0.3) is 5.56 Å². The summed E-state index contributed by atoms with van der Waals surface area (Å²) in [6.45, 7) is 0.978. The zero-order valence-electron chi connectivity index (χ0n) is 19.8. The van der Waals surface area contributed by atoms with E-state index in [2.05, 4.69) is 25.7 Å². The topological polar surface area (TPSA) is 102 Å². The summed E-state index contributed by atoms with van der Waals surface area (Å²) in [7, 11) is 1.78. The number of carbonyl (C=O) groups excluding carboxylic acids is 1. The Morgan fingerprint density at radius 3 is 2.38 bits per heavy atom. The number of rotatable bonds is 9. The molecule has 2 aromatic carbocycles. The van der Waals surface area contributed by atoms with Crippen LogP contribution in [0.3, 0.4) is 0 Å². The highest BCUT2D eigenvalue weighted by molar-refractivity contribution is 5.76. The van der Waals surface area contributed by atoms with Crippen molar-refractivity contribution in [3.05, 3.63) is 99.9 Å². The Kier molecular flexibility index (Phi) is 8.04. The molecule has 0 fully saturated rings. The number of aromatic nitrogens is 4. The number of nitrogens with zero attached hydrogens (tertiary/aromatic N) is 4. The lowest BCUT2D eigenvalue weighted by Gasteiger charge is -2.09. The second-order valence-electron chi connectivity index (χ2n) is 8.21. The van der Waals surface area contributed by atoms with Crippen LogP contribution in [0, 0.1) is 17.5 Å². The third kappa shape index (κ3) is 6.44. The summed E-state index contributed by atoms with van der Waals surface area (Å²) in [5.41, 5.74) is 1.86. The second-order valence-corrected chi connectivity index (χ2v) is 8.21. The number of hydrogen-bond acceptors (Lipinski definition) is 6. The molecule has 37 heavy (non-hydrogen) atoms. The molecule has 2 aromatic heterocycles. The van der Waals surface area contributed by atoms with Crippen molar-refractivity contribution in [1.29, 1.82) is 0 Å².